The van der Waals surface area contributed by atoms with Crippen LogP contribution in [0.2, 0.25) is 0 Å². The first kappa shape index (κ1) is 10.7. The molecule has 0 radical (unpaired) electrons. The Morgan fingerprint density at radius 1 is 1.33 bits per heavy atom. The molecule has 0 heterocycles. The molecule has 1 aliphatic carbocycles. The van der Waals surface area contributed by atoms with Gasteiger partial charge in [-0.3, -0.25) is 0 Å². The Morgan fingerprint density at radius 3 is 2.40 bits per heavy atom. The Hall–Kier alpha value is -0.860. The van der Waals surface area contributed by atoms with Gasteiger partial charge in [-0.2, -0.15) is 0 Å². The Kier molecular flexibility index (Phi) is 3.08. The van der Waals surface area contributed by atoms with Crippen molar-refractivity contribution in [2.75, 3.05) is 13.7 Å². The molecule has 2 nitrogen and oxygen atoms in total. The quantitative estimate of drug-likeness (QED) is 0.819. The molecule has 1 fully saturated rings. The standard InChI is InChI=1S/C13H19NO/c1-15-12(11-6-3-2-4-7-11)13(10-14)8-5-9-13/h2-4,6-7,12H,5,8-10,14H2,1H3. The summed E-state index contributed by atoms with van der Waals surface area (Å²) in [5.74, 6) is 0. The van der Waals surface area contributed by atoms with Crippen LogP contribution >= 0.6 is 0 Å². The predicted molar refractivity (Wildman–Crippen MR) is 61.5 cm³/mol. The van der Waals surface area contributed by atoms with Crippen molar-refractivity contribution in [3.63, 3.8) is 0 Å². The van der Waals surface area contributed by atoms with Crippen molar-refractivity contribution in [1.29, 1.82) is 0 Å². The Labute approximate surface area is 91.4 Å². The molecule has 0 bridgehead atoms. The zero-order valence-electron chi connectivity index (χ0n) is 9.28. The molecule has 1 atom stereocenters. The van der Waals surface area contributed by atoms with E-state index in [2.05, 4.69) is 24.3 Å². The number of benzene rings is 1. The van der Waals surface area contributed by atoms with Crippen molar-refractivity contribution < 1.29 is 4.74 Å². The number of rotatable bonds is 4. The van der Waals surface area contributed by atoms with Gasteiger partial charge in [0.2, 0.25) is 0 Å². The van der Waals surface area contributed by atoms with Gasteiger partial charge >= 0.3 is 0 Å². The maximum Gasteiger partial charge on any atom is 0.0889 e. The number of hydrogen-bond acceptors (Lipinski definition) is 2. The van der Waals surface area contributed by atoms with Gasteiger partial charge < -0.3 is 10.5 Å². The van der Waals surface area contributed by atoms with Crippen LogP contribution in [0.4, 0.5) is 0 Å². The first-order valence-electron chi connectivity index (χ1n) is 5.60. The predicted octanol–water partition coefficient (Wildman–Crippen LogP) is 2.50. The molecule has 0 saturated heterocycles. The van der Waals surface area contributed by atoms with Crippen LogP contribution < -0.4 is 5.73 Å². The maximum atomic E-state index is 5.90. The van der Waals surface area contributed by atoms with Gasteiger partial charge in [-0.25, -0.2) is 0 Å². The second-order valence-corrected chi connectivity index (χ2v) is 4.45. The minimum Gasteiger partial charge on any atom is -0.376 e. The summed E-state index contributed by atoms with van der Waals surface area (Å²) in [6.07, 6.45) is 3.83. The zero-order chi connectivity index (χ0) is 10.7. The van der Waals surface area contributed by atoms with Gasteiger partial charge in [-0.05, 0) is 18.4 Å². The lowest BCUT2D eigenvalue weighted by molar-refractivity contribution is -0.0575. The van der Waals surface area contributed by atoms with Crippen molar-refractivity contribution >= 4 is 0 Å². The first-order valence-corrected chi connectivity index (χ1v) is 5.60. The fraction of sp³-hybridized carbons (Fsp3) is 0.538. The molecule has 1 aliphatic rings. The average Bonchev–Trinajstić information content (AvgIpc) is 2.24. The van der Waals surface area contributed by atoms with E-state index in [1.54, 1.807) is 7.11 Å². The summed E-state index contributed by atoms with van der Waals surface area (Å²) in [5.41, 5.74) is 7.35. The summed E-state index contributed by atoms with van der Waals surface area (Å²) in [6, 6.07) is 10.4. The van der Waals surface area contributed by atoms with Crippen LogP contribution in [0.25, 0.3) is 0 Å². The SMILES string of the molecule is COC(c1ccccc1)C1(CN)CCC1. The lowest BCUT2D eigenvalue weighted by Gasteiger charge is -2.46. The topological polar surface area (TPSA) is 35.2 Å². The van der Waals surface area contributed by atoms with E-state index in [-0.39, 0.29) is 11.5 Å². The van der Waals surface area contributed by atoms with Crippen LogP contribution in [0, 0.1) is 5.41 Å². The molecule has 0 aliphatic heterocycles. The highest BCUT2D eigenvalue weighted by Gasteiger charge is 2.43. The number of nitrogens with two attached hydrogens (primary N) is 1. The smallest absolute Gasteiger partial charge is 0.0889 e. The van der Waals surface area contributed by atoms with Crippen molar-refractivity contribution in [3.05, 3.63) is 35.9 Å². The Bertz CT molecular complexity index is 300. The third-order valence-electron chi connectivity index (χ3n) is 3.65. The van der Waals surface area contributed by atoms with Crippen molar-refractivity contribution in [1.82, 2.24) is 0 Å². The van der Waals surface area contributed by atoms with E-state index in [4.69, 9.17) is 10.5 Å². The molecular weight excluding hydrogens is 186 g/mol. The molecule has 1 saturated carbocycles. The summed E-state index contributed by atoms with van der Waals surface area (Å²) < 4.78 is 5.65. The normalized spacial score (nSPS) is 20.7. The van der Waals surface area contributed by atoms with Crippen LogP contribution in [-0.4, -0.2) is 13.7 Å². The van der Waals surface area contributed by atoms with E-state index in [0.29, 0.717) is 0 Å². The van der Waals surface area contributed by atoms with E-state index in [1.165, 1.54) is 24.8 Å². The van der Waals surface area contributed by atoms with E-state index >= 15 is 0 Å². The van der Waals surface area contributed by atoms with Crippen LogP contribution in [0.5, 0.6) is 0 Å². The summed E-state index contributed by atoms with van der Waals surface area (Å²) in [5, 5.41) is 0. The summed E-state index contributed by atoms with van der Waals surface area (Å²) in [4.78, 5) is 0. The molecule has 1 aromatic carbocycles. The lowest BCUT2D eigenvalue weighted by atomic mass is 9.63. The van der Waals surface area contributed by atoms with Crippen LogP contribution in [-0.2, 0) is 4.74 Å². The van der Waals surface area contributed by atoms with Gasteiger partial charge in [-0.1, -0.05) is 36.8 Å². The van der Waals surface area contributed by atoms with Gasteiger partial charge in [0.15, 0.2) is 0 Å². The van der Waals surface area contributed by atoms with Gasteiger partial charge in [0.05, 0.1) is 6.10 Å². The van der Waals surface area contributed by atoms with Crippen molar-refractivity contribution in [3.8, 4) is 0 Å². The Balaban J connectivity index is 2.24. The Morgan fingerprint density at radius 2 is 2.00 bits per heavy atom. The van der Waals surface area contributed by atoms with Crippen LogP contribution in [0.3, 0.4) is 0 Å². The summed E-state index contributed by atoms with van der Waals surface area (Å²) >= 11 is 0. The number of ether oxygens (including phenoxy) is 1. The highest BCUT2D eigenvalue weighted by molar-refractivity contribution is 5.21. The van der Waals surface area contributed by atoms with Gasteiger partial charge in [0.25, 0.3) is 0 Å². The average molecular weight is 205 g/mol. The maximum absolute atomic E-state index is 5.90. The van der Waals surface area contributed by atoms with Gasteiger partial charge in [0, 0.05) is 19.1 Å². The summed E-state index contributed by atoms with van der Waals surface area (Å²) in [6.45, 7) is 0.723. The van der Waals surface area contributed by atoms with E-state index in [1.807, 2.05) is 6.07 Å². The second kappa shape index (κ2) is 4.33. The van der Waals surface area contributed by atoms with Crippen LogP contribution in [0.1, 0.15) is 30.9 Å². The molecule has 2 heteroatoms. The van der Waals surface area contributed by atoms with Crippen molar-refractivity contribution in [2.24, 2.45) is 11.1 Å². The van der Waals surface area contributed by atoms with E-state index in [9.17, 15) is 0 Å². The molecule has 0 amide bonds. The van der Waals surface area contributed by atoms with Gasteiger partial charge in [0.1, 0.15) is 0 Å². The minimum absolute atomic E-state index is 0.164. The fourth-order valence-corrected chi connectivity index (χ4v) is 2.57. The molecule has 15 heavy (non-hydrogen) atoms. The van der Waals surface area contributed by atoms with E-state index < -0.39 is 0 Å². The molecular formula is C13H19NO. The molecule has 0 aromatic heterocycles. The largest absolute Gasteiger partial charge is 0.376 e. The summed E-state index contributed by atoms with van der Waals surface area (Å²) in [7, 11) is 1.79. The zero-order valence-corrected chi connectivity index (χ0v) is 9.28. The van der Waals surface area contributed by atoms with E-state index in [0.717, 1.165) is 6.54 Å². The van der Waals surface area contributed by atoms with Crippen LogP contribution in [0.15, 0.2) is 30.3 Å². The third-order valence-corrected chi connectivity index (χ3v) is 3.65. The molecule has 2 rings (SSSR count). The third kappa shape index (κ3) is 1.80. The van der Waals surface area contributed by atoms with Gasteiger partial charge in [-0.15, -0.1) is 0 Å². The molecule has 1 aromatic rings. The van der Waals surface area contributed by atoms with Crippen molar-refractivity contribution in [2.45, 2.75) is 25.4 Å². The molecule has 1 unspecified atom stereocenters. The number of hydrogen-bond donors (Lipinski definition) is 1. The number of methoxy groups -OCH3 is 1. The first-order chi connectivity index (χ1) is 7.32. The second-order valence-electron chi connectivity index (χ2n) is 4.45. The highest BCUT2D eigenvalue weighted by atomic mass is 16.5. The molecule has 2 N–H and O–H groups in total. The fourth-order valence-electron chi connectivity index (χ4n) is 2.57. The monoisotopic (exact) mass is 205 g/mol. The highest BCUT2D eigenvalue weighted by Crippen LogP contribution is 2.50. The molecule has 0 spiro atoms. The molecule has 82 valence electrons. The minimum atomic E-state index is 0.164. The lowest BCUT2D eigenvalue weighted by Crippen LogP contribution is -2.43.